The molecule has 1 rings (SSSR count). The maximum Gasteiger partial charge on any atom is 0.257 e. The van der Waals surface area contributed by atoms with E-state index in [1.54, 1.807) is 0 Å². The van der Waals surface area contributed by atoms with Gasteiger partial charge >= 0.3 is 0 Å². The van der Waals surface area contributed by atoms with E-state index in [1.807, 2.05) is 0 Å². The van der Waals surface area contributed by atoms with E-state index in [1.165, 1.54) is 12.8 Å². The van der Waals surface area contributed by atoms with Gasteiger partial charge in [0.2, 0.25) is 0 Å². The third-order valence-electron chi connectivity index (χ3n) is 2.06. The Balaban J connectivity index is 2.11. The zero-order valence-corrected chi connectivity index (χ0v) is 6.87. The molecule has 1 saturated carbocycles. The minimum absolute atomic E-state index is 0.169. The summed E-state index contributed by atoms with van der Waals surface area (Å²) >= 11 is 0. The number of hydrogen-bond acceptors (Lipinski definition) is 1. The maximum absolute atomic E-state index is 12.3. The van der Waals surface area contributed by atoms with Gasteiger partial charge in [0, 0.05) is 13.0 Å². The van der Waals surface area contributed by atoms with E-state index in [9.17, 15) is 8.78 Å². The first kappa shape index (κ1) is 8.91. The molecular formula is C8H15F2N. The Hall–Kier alpha value is -0.180. The molecule has 0 spiro atoms. The highest BCUT2D eigenvalue weighted by atomic mass is 19.3. The zero-order valence-electron chi connectivity index (χ0n) is 6.87. The summed E-state index contributed by atoms with van der Waals surface area (Å²) in [4.78, 5) is 0. The van der Waals surface area contributed by atoms with Crippen molar-refractivity contribution in [2.75, 3.05) is 6.54 Å². The fourth-order valence-electron chi connectivity index (χ4n) is 1.45. The fraction of sp³-hybridized carbons (Fsp3) is 1.00. The SMILES string of the molecule is CC(F)(F)CNC1CCCC1. The van der Waals surface area contributed by atoms with Gasteiger partial charge in [0.25, 0.3) is 5.92 Å². The van der Waals surface area contributed by atoms with Crippen LogP contribution < -0.4 is 5.32 Å². The first-order chi connectivity index (χ1) is 5.08. The molecule has 66 valence electrons. The van der Waals surface area contributed by atoms with Crippen molar-refractivity contribution in [3.63, 3.8) is 0 Å². The molecule has 1 fully saturated rings. The van der Waals surface area contributed by atoms with Crippen molar-refractivity contribution >= 4 is 0 Å². The number of hydrogen-bond donors (Lipinski definition) is 1. The van der Waals surface area contributed by atoms with Crippen molar-refractivity contribution in [2.24, 2.45) is 0 Å². The van der Waals surface area contributed by atoms with E-state index >= 15 is 0 Å². The second-order valence-corrected chi connectivity index (χ2v) is 3.43. The van der Waals surface area contributed by atoms with Crippen molar-refractivity contribution in [2.45, 2.75) is 44.6 Å². The van der Waals surface area contributed by atoms with Crippen LogP contribution in [0, 0.1) is 0 Å². The first-order valence-electron chi connectivity index (χ1n) is 4.19. The molecular weight excluding hydrogens is 148 g/mol. The Labute approximate surface area is 66.2 Å². The van der Waals surface area contributed by atoms with E-state index in [2.05, 4.69) is 5.32 Å². The lowest BCUT2D eigenvalue weighted by atomic mass is 10.2. The van der Waals surface area contributed by atoms with Crippen LogP contribution in [0.2, 0.25) is 0 Å². The summed E-state index contributed by atoms with van der Waals surface area (Å²) in [5.74, 6) is -2.55. The van der Waals surface area contributed by atoms with Crippen LogP contribution in [0.3, 0.4) is 0 Å². The van der Waals surface area contributed by atoms with Crippen molar-refractivity contribution in [3.8, 4) is 0 Å². The van der Waals surface area contributed by atoms with Gasteiger partial charge in [0.15, 0.2) is 0 Å². The van der Waals surface area contributed by atoms with Gasteiger partial charge in [0.1, 0.15) is 0 Å². The standard InChI is InChI=1S/C8H15F2N/c1-8(9,10)6-11-7-4-2-3-5-7/h7,11H,2-6H2,1H3. The molecule has 1 nitrogen and oxygen atoms in total. The second-order valence-electron chi connectivity index (χ2n) is 3.43. The van der Waals surface area contributed by atoms with Crippen molar-refractivity contribution < 1.29 is 8.78 Å². The molecule has 0 atom stereocenters. The molecule has 0 radical (unpaired) electrons. The first-order valence-corrected chi connectivity index (χ1v) is 4.19. The van der Waals surface area contributed by atoms with E-state index in [-0.39, 0.29) is 6.54 Å². The van der Waals surface area contributed by atoms with Gasteiger partial charge < -0.3 is 5.32 Å². The van der Waals surface area contributed by atoms with Crippen LogP contribution in [0.5, 0.6) is 0 Å². The van der Waals surface area contributed by atoms with E-state index in [0.717, 1.165) is 19.8 Å². The Kier molecular flexibility index (Phi) is 2.82. The van der Waals surface area contributed by atoms with Gasteiger partial charge in [-0.05, 0) is 12.8 Å². The quantitative estimate of drug-likeness (QED) is 0.672. The van der Waals surface area contributed by atoms with E-state index < -0.39 is 5.92 Å². The van der Waals surface area contributed by atoms with Crippen LogP contribution in [0.25, 0.3) is 0 Å². The van der Waals surface area contributed by atoms with Crippen LogP contribution in [0.15, 0.2) is 0 Å². The highest BCUT2D eigenvalue weighted by Crippen LogP contribution is 2.19. The molecule has 0 aromatic rings. The summed E-state index contributed by atoms with van der Waals surface area (Å²) in [5, 5.41) is 2.87. The highest BCUT2D eigenvalue weighted by Gasteiger charge is 2.23. The molecule has 3 heteroatoms. The number of halogens is 2. The fourth-order valence-corrected chi connectivity index (χ4v) is 1.45. The van der Waals surface area contributed by atoms with Gasteiger partial charge in [0.05, 0.1) is 6.54 Å². The summed E-state index contributed by atoms with van der Waals surface area (Å²) in [7, 11) is 0. The predicted octanol–water partition coefficient (Wildman–Crippen LogP) is 2.17. The largest absolute Gasteiger partial charge is 0.308 e. The van der Waals surface area contributed by atoms with Crippen molar-refractivity contribution in [3.05, 3.63) is 0 Å². The van der Waals surface area contributed by atoms with Crippen LogP contribution >= 0.6 is 0 Å². The van der Waals surface area contributed by atoms with E-state index in [0.29, 0.717) is 6.04 Å². The van der Waals surface area contributed by atoms with Crippen LogP contribution in [0.4, 0.5) is 8.78 Å². The summed E-state index contributed by atoms with van der Waals surface area (Å²) in [6.45, 7) is 0.784. The van der Waals surface area contributed by atoms with Gasteiger partial charge in [-0.1, -0.05) is 12.8 Å². The lowest BCUT2D eigenvalue weighted by Crippen LogP contribution is -2.36. The average molecular weight is 163 g/mol. The Morgan fingerprint density at radius 3 is 2.36 bits per heavy atom. The molecule has 0 saturated heterocycles. The van der Waals surface area contributed by atoms with Crippen molar-refractivity contribution in [1.82, 2.24) is 5.32 Å². The summed E-state index contributed by atoms with van der Waals surface area (Å²) in [6, 6.07) is 0.348. The van der Waals surface area contributed by atoms with Gasteiger partial charge in [-0.3, -0.25) is 0 Å². The molecule has 0 unspecified atom stereocenters. The normalized spacial score (nSPS) is 21.0. The van der Waals surface area contributed by atoms with Crippen LogP contribution in [-0.2, 0) is 0 Å². The van der Waals surface area contributed by atoms with Gasteiger partial charge in [-0.15, -0.1) is 0 Å². The second kappa shape index (κ2) is 3.48. The molecule has 1 aliphatic rings. The van der Waals surface area contributed by atoms with Gasteiger partial charge in [-0.25, -0.2) is 8.78 Å². The Morgan fingerprint density at radius 1 is 1.36 bits per heavy atom. The number of rotatable bonds is 3. The molecule has 1 N–H and O–H groups in total. The van der Waals surface area contributed by atoms with Crippen LogP contribution in [0.1, 0.15) is 32.6 Å². The summed E-state index contributed by atoms with van der Waals surface area (Å²) in [5.41, 5.74) is 0. The Bertz CT molecular complexity index is 114. The number of alkyl halides is 2. The minimum atomic E-state index is -2.55. The van der Waals surface area contributed by atoms with Crippen molar-refractivity contribution in [1.29, 1.82) is 0 Å². The highest BCUT2D eigenvalue weighted by molar-refractivity contribution is 4.75. The summed E-state index contributed by atoms with van der Waals surface area (Å²) in [6.07, 6.45) is 4.51. The maximum atomic E-state index is 12.3. The third kappa shape index (κ3) is 3.65. The molecule has 11 heavy (non-hydrogen) atoms. The van der Waals surface area contributed by atoms with Gasteiger partial charge in [-0.2, -0.15) is 0 Å². The molecule has 0 aliphatic heterocycles. The van der Waals surface area contributed by atoms with E-state index in [4.69, 9.17) is 0 Å². The minimum Gasteiger partial charge on any atom is -0.308 e. The topological polar surface area (TPSA) is 12.0 Å². The summed E-state index contributed by atoms with van der Waals surface area (Å²) < 4.78 is 24.6. The zero-order chi connectivity index (χ0) is 8.32. The Morgan fingerprint density at radius 2 is 1.91 bits per heavy atom. The molecule has 0 bridgehead atoms. The number of nitrogens with one attached hydrogen (secondary N) is 1. The molecule has 1 aliphatic carbocycles. The lowest BCUT2D eigenvalue weighted by Gasteiger charge is -2.15. The average Bonchev–Trinajstić information content (AvgIpc) is 2.32. The molecule has 0 aromatic heterocycles. The predicted molar refractivity (Wildman–Crippen MR) is 40.9 cm³/mol. The smallest absolute Gasteiger partial charge is 0.257 e. The lowest BCUT2D eigenvalue weighted by molar-refractivity contribution is 0.0201. The van der Waals surface area contributed by atoms with Crippen LogP contribution in [-0.4, -0.2) is 18.5 Å². The third-order valence-corrected chi connectivity index (χ3v) is 2.06. The molecule has 0 aromatic carbocycles. The molecule has 0 heterocycles. The monoisotopic (exact) mass is 163 g/mol. The molecule has 0 amide bonds.